The lowest BCUT2D eigenvalue weighted by Gasteiger charge is -2.41. The summed E-state index contributed by atoms with van der Waals surface area (Å²) in [6, 6.07) is 6.40. The smallest absolute Gasteiger partial charge is 0.303 e. The summed E-state index contributed by atoms with van der Waals surface area (Å²) in [5, 5.41) is 10.2. The molecule has 1 aliphatic rings. The van der Waals surface area contributed by atoms with Crippen LogP contribution in [0.5, 0.6) is 5.75 Å². The molecule has 4 rings (SSSR count). The Morgan fingerprint density at radius 2 is 1.90 bits per heavy atom. The molecule has 2 heterocycles. The van der Waals surface area contributed by atoms with Crippen molar-refractivity contribution < 1.29 is 32.2 Å². The molecule has 1 unspecified atom stereocenters. The average Bonchev–Trinajstić information content (AvgIpc) is 2.92. The molecule has 3 N–H and O–H groups in total. The van der Waals surface area contributed by atoms with E-state index in [2.05, 4.69) is 16.8 Å². The number of aliphatic carboxylic acids is 1. The van der Waals surface area contributed by atoms with E-state index < -0.39 is 40.6 Å². The molecule has 0 aliphatic carbocycles. The second-order valence-corrected chi connectivity index (χ2v) is 10.2. The Kier molecular flexibility index (Phi) is 9.28. The van der Waals surface area contributed by atoms with E-state index in [1.807, 2.05) is 4.90 Å². The maximum Gasteiger partial charge on any atom is 0.303 e. The molecule has 2 aromatic carbocycles. The molecular formula is C30H31F4N3O3. The van der Waals surface area contributed by atoms with Crippen LogP contribution in [-0.4, -0.2) is 47.7 Å². The number of hydrogen-bond acceptors (Lipinski definition) is 5. The first kappa shape index (κ1) is 29.3. The number of methoxy groups -OCH3 is 1. The van der Waals surface area contributed by atoms with E-state index in [0.717, 1.165) is 0 Å². The summed E-state index contributed by atoms with van der Waals surface area (Å²) < 4.78 is 62.0. The highest BCUT2D eigenvalue weighted by atomic mass is 19.1. The molecule has 212 valence electrons. The van der Waals surface area contributed by atoms with Crippen molar-refractivity contribution in [3.05, 3.63) is 70.7 Å². The van der Waals surface area contributed by atoms with Crippen molar-refractivity contribution in [2.24, 2.45) is 11.1 Å². The van der Waals surface area contributed by atoms with Gasteiger partial charge in [0.1, 0.15) is 29.4 Å². The number of alkyl halides is 1. The number of fused-ring (bicyclic) bond motifs is 1. The number of carbonyl (C=O) groups is 1. The van der Waals surface area contributed by atoms with Gasteiger partial charge in [-0.1, -0.05) is 11.8 Å². The summed E-state index contributed by atoms with van der Waals surface area (Å²) in [6.07, 6.45) is 1.56. The monoisotopic (exact) mass is 557 g/mol. The van der Waals surface area contributed by atoms with Crippen LogP contribution in [0.25, 0.3) is 10.9 Å². The molecule has 1 atom stereocenters. The number of nitrogens with zero attached hydrogens (tertiary/aromatic N) is 2. The first-order chi connectivity index (χ1) is 19.1. The summed E-state index contributed by atoms with van der Waals surface area (Å²) in [6.45, 7) is 1.31. The second-order valence-electron chi connectivity index (χ2n) is 10.2. The van der Waals surface area contributed by atoms with Crippen molar-refractivity contribution in [1.82, 2.24) is 9.88 Å². The fourth-order valence-electron chi connectivity index (χ4n) is 5.39. The Morgan fingerprint density at radius 1 is 1.20 bits per heavy atom. The highest BCUT2D eigenvalue weighted by Crippen LogP contribution is 2.43. The van der Waals surface area contributed by atoms with Crippen LogP contribution in [-0.2, 0) is 11.3 Å². The Balaban J connectivity index is 1.46. The van der Waals surface area contributed by atoms with Gasteiger partial charge < -0.3 is 15.6 Å². The van der Waals surface area contributed by atoms with E-state index in [1.165, 1.54) is 7.11 Å². The number of benzene rings is 2. The average molecular weight is 558 g/mol. The van der Waals surface area contributed by atoms with Crippen LogP contribution in [0, 0.1) is 34.7 Å². The molecule has 1 saturated heterocycles. The van der Waals surface area contributed by atoms with Gasteiger partial charge in [0.2, 0.25) is 0 Å². The van der Waals surface area contributed by atoms with Crippen molar-refractivity contribution in [2.45, 2.75) is 44.8 Å². The number of likely N-dealkylation sites (tertiary alicyclic amines) is 1. The zero-order valence-corrected chi connectivity index (χ0v) is 22.2. The van der Waals surface area contributed by atoms with E-state index in [4.69, 9.17) is 10.5 Å². The summed E-state index contributed by atoms with van der Waals surface area (Å²) in [7, 11) is 1.53. The molecule has 1 aromatic heterocycles. The molecule has 3 aromatic rings. The van der Waals surface area contributed by atoms with E-state index >= 15 is 4.39 Å². The van der Waals surface area contributed by atoms with Gasteiger partial charge in [0.25, 0.3) is 0 Å². The number of halogens is 4. The Bertz CT molecular complexity index is 1420. The number of nitrogens with two attached hydrogens (primary N) is 1. The van der Waals surface area contributed by atoms with Gasteiger partial charge in [0.05, 0.1) is 31.2 Å². The highest BCUT2D eigenvalue weighted by Gasteiger charge is 2.37. The normalized spacial score (nSPS) is 15.8. The minimum atomic E-state index is -1.38. The topological polar surface area (TPSA) is 88.7 Å². The third-order valence-corrected chi connectivity index (χ3v) is 7.63. The number of carboxylic acids is 1. The second kappa shape index (κ2) is 12.7. The third kappa shape index (κ3) is 6.72. The maximum absolute atomic E-state index is 15.9. The molecular weight excluding hydrogens is 526 g/mol. The van der Waals surface area contributed by atoms with E-state index in [1.54, 1.807) is 24.4 Å². The predicted octanol–water partition coefficient (Wildman–Crippen LogP) is 5.52. The Morgan fingerprint density at radius 3 is 2.52 bits per heavy atom. The van der Waals surface area contributed by atoms with Gasteiger partial charge in [0, 0.05) is 35.8 Å². The van der Waals surface area contributed by atoms with Gasteiger partial charge in [0.15, 0.2) is 0 Å². The van der Waals surface area contributed by atoms with Crippen molar-refractivity contribution >= 4 is 16.9 Å². The van der Waals surface area contributed by atoms with Crippen molar-refractivity contribution in [2.75, 3.05) is 26.7 Å². The number of hydrogen-bond donors (Lipinski definition) is 2. The summed E-state index contributed by atoms with van der Waals surface area (Å²) in [4.78, 5) is 18.1. The zero-order chi connectivity index (χ0) is 28.9. The number of rotatable bonds is 9. The van der Waals surface area contributed by atoms with Crippen LogP contribution in [0.15, 0.2) is 36.5 Å². The highest BCUT2D eigenvalue weighted by molar-refractivity contribution is 5.85. The largest absolute Gasteiger partial charge is 0.497 e. The van der Waals surface area contributed by atoms with E-state index in [9.17, 15) is 23.1 Å². The first-order valence-electron chi connectivity index (χ1n) is 13.0. The van der Waals surface area contributed by atoms with Gasteiger partial charge in [-0.15, -0.1) is 0 Å². The molecule has 1 aliphatic heterocycles. The summed E-state index contributed by atoms with van der Waals surface area (Å²) in [5.41, 5.74) is 6.45. The summed E-state index contributed by atoms with van der Waals surface area (Å²) in [5.74, 6) is 1.61. The lowest BCUT2D eigenvalue weighted by Crippen LogP contribution is -2.41. The van der Waals surface area contributed by atoms with Crippen LogP contribution in [0.3, 0.4) is 0 Å². The fourth-order valence-corrected chi connectivity index (χ4v) is 5.39. The molecule has 0 spiro atoms. The summed E-state index contributed by atoms with van der Waals surface area (Å²) >= 11 is 0. The molecule has 40 heavy (non-hydrogen) atoms. The predicted molar refractivity (Wildman–Crippen MR) is 143 cm³/mol. The number of ether oxygens (including phenoxy) is 1. The minimum Gasteiger partial charge on any atom is -0.497 e. The lowest BCUT2D eigenvalue weighted by atomic mass is 9.71. The molecule has 1 fully saturated rings. The molecule has 10 heteroatoms. The number of pyridine rings is 1. The van der Waals surface area contributed by atoms with E-state index in [-0.39, 0.29) is 25.9 Å². The molecule has 0 radical (unpaired) electrons. The van der Waals surface area contributed by atoms with Crippen LogP contribution in [0.2, 0.25) is 0 Å². The van der Waals surface area contributed by atoms with Gasteiger partial charge in [-0.05, 0) is 68.0 Å². The van der Waals surface area contributed by atoms with Crippen LogP contribution < -0.4 is 10.5 Å². The molecule has 6 nitrogen and oxygen atoms in total. The van der Waals surface area contributed by atoms with Crippen LogP contribution in [0.1, 0.15) is 55.0 Å². The van der Waals surface area contributed by atoms with Crippen LogP contribution in [0.4, 0.5) is 17.6 Å². The number of piperidine rings is 1. The zero-order valence-electron chi connectivity index (χ0n) is 22.2. The van der Waals surface area contributed by atoms with Crippen molar-refractivity contribution in [3.8, 4) is 17.6 Å². The Labute approximate surface area is 230 Å². The van der Waals surface area contributed by atoms with Gasteiger partial charge in [-0.2, -0.15) is 0 Å². The number of aromatic nitrogens is 1. The van der Waals surface area contributed by atoms with Gasteiger partial charge in [-0.3, -0.25) is 14.7 Å². The lowest BCUT2D eigenvalue weighted by molar-refractivity contribution is -0.141. The third-order valence-electron chi connectivity index (χ3n) is 7.63. The van der Waals surface area contributed by atoms with Crippen molar-refractivity contribution in [3.63, 3.8) is 0 Å². The molecule has 0 amide bonds. The standard InChI is InChI=1S/C30H31F4N3O3/c1-40-21-4-5-27-23(15-21)29(19(17-35)18-36-27)24(32)6-7-30(16-28(38)39)8-11-37(12-9-30)10-2-3-22-25(33)13-20(31)14-26(22)34/h4-5,13-15,18,24H,6-12,16-17,35H2,1H3,(H,38,39). The van der Waals surface area contributed by atoms with Gasteiger partial charge in [-0.25, -0.2) is 17.6 Å². The molecule has 0 bridgehead atoms. The quantitative estimate of drug-likeness (QED) is 0.266. The maximum atomic E-state index is 15.9. The van der Waals surface area contributed by atoms with E-state index in [0.29, 0.717) is 72.3 Å². The Hall–Kier alpha value is -3.68. The first-order valence-corrected chi connectivity index (χ1v) is 13.0. The van der Waals surface area contributed by atoms with Gasteiger partial charge >= 0.3 is 5.97 Å². The number of carboxylic acid groups (broad SMARTS) is 1. The van der Waals surface area contributed by atoms with Crippen molar-refractivity contribution in [1.29, 1.82) is 0 Å². The molecule has 0 saturated carbocycles. The minimum absolute atomic E-state index is 0.0973. The fraction of sp³-hybridized carbons (Fsp3) is 0.400. The SMILES string of the molecule is COc1ccc2ncc(CN)c(C(F)CCC3(CC(=O)O)CCN(CC#Cc4c(F)cc(F)cc4F)CC3)c2c1. The van der Waals surface area contributed by atoms with Crippen LogP contribution >= 0.6 is 0 Å².